The average Bonchev–Trinajstić information content (AvgIpc) is 3.36. The van der Waals surface area contributed by atoms with E-state index in [0.717, 1.165) is 23.4 Å². The first-order valence-corrected chi connectivity index (χ1v) is 8.94. The van der Waals surface area contributed by atoms with Crippen LogP contribution in [0.5, 0.6) is 5.75 Å². The first-order valence-electron chi connectivity index (χ1n) is 8.94. The molecule has 0 amide bonds. The molecule has 0 aliphatic heterocycles. The Kier molecular flexibility index (Phi) is 3.65. The summed E-state index contributed by atoms with van der Waals surface area (Å²) in [6, 6.07) is 10.0. The van der Waals surface area contributed by atoms with Gasteiger partial charge in [-0.2, -0.15) is 5.10 Å². The molecular formula is C20H17N5O3. The highest BCUT2D eigenvalue weighted by atomic mass is 16.5. The van der Waals surface area contributed by atoms with Gasteiger partial charge in [0.1, 0.15) is 5.75 Å². The minimum absolute atomic E-state index is 0.293. The molecule has 0 saturated heterocycles. The van der Waals surface area contributed by atoms with Crippen LogP contribution in [-0.2, 0) is 0 Å². The number of nitrogens with one attached hydrogen (secondary N) is 2. The summed E-state index contributed by atoms with van der Waals surface area (Å²) in [6.45, 7) is 0. The molecule has 1 aliphatic rings. The van der Waals surface area contributed by atoms with E-state index in [9.17, 15) is 9.59 Å². The van der Waals surface area contributed by atoms with Gasteiger partial charge in [-0.3, -0.25) is 9.78 Å². The molecule has 3 heterocycles. The van der Waals surface area contributed by atoms with Gasteiger partial charge in [-0.05, 0) is 42.0 Å². The van der Waals surface area contributed by atoms with Crippen LogP contribution in [0.25, 0.3) is 16.9 Å². The molecule has 2 N–H and O–H groups in total. The van der Waals surface area contributed by atoms with E-state index >= 15 is 0 Å². The van der Waals surface area contributed by atoms with E-state index in [-0.39, 0.29) is 0 Å². The van der Waals surface area contributed by atoms with Crippen molar-refractivity contribution in [3.63, 3.8) is 0 Å². The Labute approximate surface area is 158 Å². The molecule has 1 aromatic carbocycles. The van der Waals surface area contributed by atoms with Crippen molar-refractivity contribution in [2.45, 2.75) is 18.3 Å². The third-order valence-corrected chi connectivity index (χ3v) is 5.22. The number of hydrogen-bond acceptors (Lipinski definition) is 5. The maximum Gasteiger partial charge on any atom is 0.325 e. The number of fused-ring (bicyclic) bond motifs is 1. The first-order chi connectivity index (χ1) is 13.6. The molecule has 2 atom stereocenters. The van der Waals surface area contributed by atoms with Crippen LogP contribution in [0.3, 0.4) is 0 Å². The van der Waals surface area contributed by atoms with Crippen LogP contribution in [-0.4, -0.2) is 31.7 Å². The van der Waals surface area contributed by atoms with Gasteiger partial charge in [-0.15, -0.1) is 0 Å². The Bertz CT molecular complexity index is 1290. The lowest BCUT2D eigenvalue weighted by Crippen LogP contribution is -2.23. The number of aromatic amines is 2. The number of hydrogen-bond donors (Lipinski definition) is 2. The van der Waals surface area contributed by atoms with Crippen LogP contribution < -0.4 is 16.0 Å². The predicted molar refractivity (Wildman–Crippen MR) is 103 cm³/mol. The highest BCUT2D eigenvalue weighted by molar-refractivity contribution is 5.63. The second-order valence-electron chi connectivity index (χ2n) is 6.89. The molecule has 5 rings (SSSR count). The second kappa shape index (κ2) is 6.19. The van der Waals surface area contributed by atoms with Crippen LogP contribution in [0.2, 0.25) is 0 Å². The summed E-state index contributed by atoms with van der Waals surface area (Å²) in [7, 11) is 1.65. The number of nitrogens with zero attached hydrogens (tertiary/aromatic N) is 3. The van der Waals surface area contributed by atoms with E-state index < -0.39 is 11.2 Å². The van der Waals surface area contributed by atoms with Crippen molar-refractivity contribution in [3.8, 4) is 17.0 Å². The van der Waals surface area contributed by atoms with Crippen LogP contribution in [0.4, 0.5) is 0 Å². The Hall–Kier alpha value is -3.68. The minimum atomic E-state index is -0.542. The number of aromatic nitrogens is 5. The van der Waals surface area contributed by atoms with Crippen LogP contribution >= 0.6 is 0 Å². The molecule has 1 aliphatic carbocycles. The summed E-state index contributed by atoms with van der Waals surface area (Å²) in [5, 5.41) is 4.48. The fourth-order valence-electron chi connectivity index (χ4n) is 3.70. The maximum absolute atomic E-state index is 12.2. The zero-order chi connectivity index (χ0) is 19.3. The maximum atomic E-state index is 12.2. The summed E-state index contributed by atoms with van der Waals surface area (Å²) in [6.07, 6.45) is 5.84. The van der Waals surface area contributed by atoms with Gasteiger partial charge in [0.25, 0.3) is 5.56 Å². The molecule has 0 spiro atoms. The van der Waals surface area contributed by atoms with Crippen molar-refractivity contribution >= 4 is 5.65 Å². The number of rotatable bonds is 4. The molecule has 28 heavy (non-hydrogen) atoms. The normalized spacial score (nSPS) is 18.3. The number of imidazole rings is 1. The van der Waals surface area contributed by atoms with Gasteiger partial charge in [0.05, 0.1) is 18.4 Å². The fourth-order valence-corrected chi connectivity index (χ4v) is 3.70. The lowest BCUT2D eigenvalue weighted by molar-refractivity contribution is 0.414. The molecule has 8 nitrogen and oxygen atoms in total. The Morgan fingerprint density at radius 2 is 2.00 bits per heavy atom. The monoisotopic (exact) mass is 375 g/mol. The second-order valence-corrected chi connectivity index (χ2v) is 6.89. The van der Waals surface area contributed by atoms with Gasteiger partial charge >= 0.3 is 5.69 Å². The van der Waals surface area contributed by atoms with E-state index in [1.807, 2.05) is 18.2 Å². The summed E-state index contributed by atoms with van der Waals surface area (Å²) < 4.78 is 6.91. The van der Waals surface area contributed by atoms with Crippen molar-refractivity contribution in [1.29, 1.82) is 0 Å². The van der Waals surface area contributed by atoms with Gasteiger partial charge in [-0.25, -0.2) is 14.3 Å². The van der Waals surface area contributed by atoms with E-state index in [1.54, 1.807) is 24.0 Å². The van der Waals surface area contributed by atoms with Gasteiger partial charge < -0.3 is 9.72 Å². The largest absolute Gasteiger partial charge is 0.497 e. The number of methoxy groups -OCH3 is 1. The van der Waals surface area contributed by atoms with Gasteiger partial charge in [0.2, 0.25) is 0 Å². The highest BCUT2D eigenvalue weighted by Gasteiger charge is 2.41. The highest BCUT2D eigenvalue weighted by Crippen LogP contribution is 2.55. The fraction of sp³-hybridized carbons (Fsp3) is 0.200. The van der Waals surface area contributed by atoms with Gasteiger partial charge in [-0.1, -0.05) is 12.1 Å². The Balaban J connectivity index is 1.57. The lowest BCUT2D eigenvalue weighted by atomic mass is 10.0. The summed E-state index contributed by atoms with van der Waals surface area (Å²) >= 11 is 0. The lowest BCUT2D eigenvalue weighted by Gasteiger charge is -2.08. The molecule has 4 aromatic rings. The third kappa shape index (κ3) is 2.70. The summed E-state index contributed by atoms with van der Waals surface area (Å²) in [5.74, 6) is 1.51. The van der Waals surface area contributed by atoms with Gasteiger partial charge in [0, 0.05) is 24.2 Å². The van der Waals surface area contributed by atoms with Crippen LogP contribution in [0.15, 0.2) is 58.5 Å². The Morgan fingerprint density at radius 3 is 2.75 bits per heavy atom. The quantitative estimate of drug-likeness (QED) is 0.568. The van der Waals surface area contributed by atoms with Crippen molar-refractivity contribution < 1.29 is 4.74 Å². The number of benzene rings is 1. The van der Waals surface area contributed by atoms with E-state index in [4.69, 9.17) is 4.74 Å². The first kappa shape index (κ1) is 16.5. The van der Waals surface area contributed by atoms with E-state index in [0.29, 0.717) is 23.1 Å². The summed E-state index contributed by atoms with van der Waals surface area (Å²) in [4.78, 5) is 32.7. The average molecular weight is 375 g/mol. The van der Waals surface area contributed by atoms with Crippen molar-refractivity contribution in [3.05, 3.63) is 80.9 Å². The molecule has 0 unspecified atom stereocenters. The van der Waals surface area contributed by atoms with Crippen molar-refractivity contribution in [1.82, 2.24) is 24.6 Å². The van der Waals surface area contributed by atoms with E-state index in [1.165, 1.54) is 11.8 Å². The zero-order valence-corrected chi connectivity index (χ0v) is 15.0. The van der Waals surface area contributed by atoms with Crippen molar-refractivity contribution in [2.24, 2.45) is 0 Å². The molecule has 1 saturated carbocycles. The smallest absolute Gasteiger partial charge is 0.325 e. The molecule has 0 bridgehead atoms. The van der Waals surface area contributed by atoms with Crippen molar-refractivity contribution in [2.75, 3.05) is 7.11 Å². The zero-order valence-electron chi connectivity index (χ0n) is 15.0. The number of H-pyrrole nitrogens is 2. The molecule has 3 aromatic heterocycles. The summed E-state index contributed by atoms with van der Waals surface area (Å²) in [5.41, 5.74) is 2.88. The molecule has 1 fully saturated rings. The SMILES string of the molecule is COc1ccc([C@H]2C[C@@H]2c2cc(-c3c[nH]c(=O)[nH]c3=O)nn3ccnc23)cc1. The molecule has 8 heteroatoms. The minimum Gasteiger partial charge on any atom is -0.497 e. The Morgan fingerprint density at radius 1 is 1.18 bits per heavy atom. The third-order valence-electron chi connectivity index (χ3n) is 5.22. The molecular weight excluding hydrogens is 358 g/mol. The molecule has 140 valence electrons. The predicted octanol–water partition coefficient (Wildman–Crippen LogP) is 2.05. The van der Waals surface area contributed by atoms with Crippen LogP contribution in [0, 0.1) is 0 Å². The standard InChI is InChI=1S/C20H17N5O3/c1-28-12-4-2-11(3-5-12)13-8-14(13)15-9-17(24-25-7-6-21-18(15)25)16-10-22-20(27)23-19(16)26/h2-7,9-10,13-14H,8H2,1H3,(H2,22,23,26,27)/t13-,14+/m1/s1. The van der Waals surface area contributed by atoms with Gasteiger partial charge in [0.15, 0.2) is 5.65 Å². The van der Waals surface area contributed by atoms with Crippen LogP contribution in [0.1, 0.15) is 29.4 Å². The molecule has 0 radical (unpaired) electrons. The topological polar surface area (TPSA) is 105 Å². The van der Waals surface area contributed by atoms with E-state index in [2.05, 4.69) is 32.2 Å². The number of ether oxygens (including phenoxy) is 1.